The number of amides is 2. The van der Waals surface area contributed by atoms with E-state index >= 15 is 0 Å². The second kappa shape index (κ2) is 7.53. The number of nitro benzene ring substituents is 1. The minimum absolute atomic E-state index is 0.107. The summed E-state index contributed by atoms with van der Waals surface area (Å²) in [5.41, 5.74) is 0.735. The maximum Gasteiger partial charge on any atom is 0.269 e. The van der Waals surface area contributed by atoms with Gasteiger partial charge in [-0.15, -0.1) is 11.3 Å². The van der Waals surface area contributed by atoms with Crippen LogP contribution < -0.4 is 10.6 Å². The number of nitrogens with zero attached hydrogens (tertiary/aromatic N) is 2. The van der Waals surface area contributed by atoms with E-state index in [0.29, 0.717) is 10.8 Å². The van der Waals surface area contributed by atoms with E-state index in [1.807, 2.05) is 0 Å². The van der Waals surface area contributed by atoms with Gasteiger partial charge in [-0.2, -0.15) is 0 Å². The lowest BCUT2D eigenvalue weighted by atomic mass is 10.1. The van der Waals surface area contributed by atoms with E-state index in [9.17, 15) is 19.7 Å². The molecule has 130 valence electrons. The highest BCUT2D eigenvalue weighted by Gasteiger charge is 2.15. The Hall–Kier alpha value is -3.59. The molecule has 0 bridgehead atoms. The van der Waals surface area contributed by atoms with Crippen molar-refractivity contribution in [1.29, 1.82) is 0 Å². The number of aromatic nitrogens is 1. The first-order chi connectivity index (χ1) is 12.5. The standard InChI is InChI=1S/C17H12N4O4S/c22-15(11-5-7-12(8-6-11)21(24)25)19-14-4-2-1-3-13(14)16(23)20-17-18-9-10-26-17/h1-10H,(H,19,22)(H,18,20,23). The van der Waals surface area contributed by atoms with E-state index in [1.165, 1.54) is 35.6 Å². The summed E-state index contributed by atoms with van der Waals surface area (Å²) in [6.07, 6.45) is 1.57. The number of carbonyl (C=O) groups is 2. The highest BCUT2D eigenvalue weighted by atomic mass is 32.1. The van der Waals surface area contributed by atoms with Crippen molar-refractivity contribution in [3.8, 4) is 0 Å². The normalized spacial score (nSPS) is 10.2. The zero-order valence-corrected chi connectivity index (χ0v) is 14.0. The Bertz CT molecular complexity index is 955. The molecule has 0 aliphatic heterocycles. The molecule has 2 N–H and O–H groups in total. The molecule has 0 saturated carbocycles. The van der Waals surface area contributed by atoms with Crippen LogP contribution in [0.15, 0.2) is 60.1 Å². The monoisotopic (exact) mass is 368 g/mol. The highest BCUT2D eigenvalue weighted by molar-refractivity contribution is 7.13. The first-order valence-electron chi connectivity index (χ1n) is 7.40. The molecule has 1 heterocycles. The summed E-state index contributed by atoms with van der Waals surface area (Å²) in [5, 5.41) is 18.2. The Kier molecular flexibility index (Phi) is 4.99. The van der Waals surface area contributed by atoms with Crippen LogP contribution in [0.3, 0.4) is 0 Å². The van der Waals surface area contributed by atoms with Gasteiger partial charge >= 0.3 is 0 Å². The lowest BCUT2D eigenvalue weighted by Gasteiger charge is -2.10. The molecular weight excluding hydrogens is 356 g/mol. The number of rotatable bonds is 5. The largest absolute Gasteiger partial charge is 0.321 e. The van der Waals surface area contributed by atoms with Crippen molar-refractivity contribution < 1.29 is 14.5 Å². The Morgan fingerprint density at radius 2 is 1.73 bits per heavy atom. The quantitative estimate of drug-likeness (QED) is 0.528. The Balaban J connectivity index is 1.78. The maximum atomic E-state index is 12.4. The third kappa shape index (κ3) is 3.90. The molecule has 0 radical (unpaired) electrons. The van der Waals surface area contributed by atoms with Gasteiger partial charge in [0.2, 0.25) is 0 Å². The molecule has 0 fully saturated rings. The number of non-ortho nitro benzene ring substituents is 1. The average Bonchev–Trinajstić information content (AvgIpc) is 3.15. The van der Waals surface area contributed by atoms with Crippen LogP contribution >= 0.6 is 11.3 Å². The topological polar surface area (TPSA) is 114 Å². The molecule has 0 unspecified atom stereocenters. The Morgan fingerprint density at radius 1 is 1.00 bits per heavy atom. The van der Waals surface area contributed by atoms with Gasteiger partial charge in [-0.25, -0.2) is 4.98 Å². The van der Waals surface area contributed by atoms with Gasteiger partial charge in [0.05, 0.1) is 16.2 Å². The average molecular weight is 368 g/mol. The molecule has 1 aromatic heterocycles. The third-order valence-electron chi connectivity index (χ3n) is 3.41. The van der Waals surface area contributed by atoms with Gasteiger partial charge in [0.15, 0.2) is 5.13 Å². The second-order valence-corrected chi connectivity index (χ2v) is 5.99. The van der Waals surface area contributed by atoms with Crippen molar-refractivity contribution in [2.75, 3.05) is 10.6 Å². The summed E-state index contributed by atoms with van der Waals surface area (Å²) in [6.45, 7) is 0. The molecule has 0 aliphatic carbocycles. The fourth-order valence-corrected chi connectivity index (χ4v) is 2.69. The molecular formula is C17H12N4O4S. The lowest BCUT2D eigenvalue weighted by Crippen LogP contribution is -2.18. The van der Waals surface area contributed by atoms with Gasteiger partial charge in [-0.05, 0) is 24.3 Å². The molecule has 26 heavy (non-hydrogen) atoms. The number of carbonyl (C=O) groups excluding carboxylic acids is 2. The molecule has 0 atom stereocenters. The van der Waals surface area contributed by atoms with E-state index in [2.05, 4.69) is 15.6 Å². The molecule has 9 heteroatoms. The van der Waals surface area contributed by atoms with Gasteiger partial charge in [0.1, 0.15) is 0 Å². The van der Waals surface area contributed by atoms with Gasteiger partial charge in [0, 0.05) is 29.3 Å². The maximum absolute atomic E-state index is 12.4. The van der Waals surface area contributed by atoms with Gasteiger partial charge in [-0.3, -0.25) is 25.0 Å². The van der Waals surface area contributed by atoms with Crippen LogP contribution in [0.4, 0.5) is 16.5 Å². The van der Waals surface area contributed by atoms with E-state index in [1.54, 1.807) is 35.8 Å². The van der Waals surface area contributed by atoms with Gasteiger partial charge < -0.3 is 5.32 Å². The zero-order valence-electron chi connectivity index (χ0n) is 13.2. The van der Waals surface area contributed by atoms with Crippen LogP contribution in [-0.2, 0) is 0 Å². The number of benzene rings is 2. The number of hydrogen-bond acceptors (Lipinski definition) is 6. The summed E-state index contributed by atoms with van der Waals surface area (Å²) in [7, 11) is 0. The number of anilines is 2. The lowest BCUT2D eigenvalue weighted by molar-refractivity contribution is -0.384. The second-order valence-electron chi connectivity index (χ2n) is 5.10. The molecule has 2 amide bonds. The van der Waals surface area contributed by atoms with E-state index in [0.717, 1.165) is 0 Å². The van der Waals surface area contributed by atoms with Crippen LogP contribution in [0.25, 0.3) is 0 Å². The predicted octanol–water partition coefficient (Wildman–Crippen LogP) is 3.56. The Labute approximate surface area is 151 Å². The number of nitrogens with one attached hydrogen (secondary N) is 2. The molecule has 2 aromatic carbocycles. The summed E-state index contributed by atoms with van der Waals surface area (Å²) in [6, 6.07) is 11.7. The SMILES string of the molecule is O=C(Nc1ccccc1C(=O)Nc1nccs1)c1ccc([N+](=O)[O-])cc1. The molecule has 0 saturated heterocycles. The van der Waals surface area contributed by atoms with E-state index in [4.69, 9.17) is 0 Å². The predicted molar refractivity (Wildman–Crippen MR) is 97.6 cm³/mol. The van der Waals surface area contributed by atoms with E-state index in [-0.39, 0.29) is 16.8 Å². The smallest absolute Gasteiger partial charge is 0.269 e. The number of nitro groups is 1. The van der Waals surface area contributed by atoms with Crippen LogP contribution in [0, 0.1) is 10.1 Å². The van der Waals surface area contributed by atoms with Crippen LogP contribution in [-0.4, -0.2) is 21.7 Å². The number of hydrogen-bond donors (Lipinski definition) is 2. The van der Waals surface area contributed by atoms with Crippen molar-refractivity contribution >= 4 is 39.7 Å². The summed E-state index contributed by atoms with van der Waals surface area (Å²) >= 11 is 1.28. The zero-order chi connectivity index (χ0) is 18.5. The third-order valence-corrected chi connectivity index (χ3v) is 4.10. The van der Waals surface area contributed by atoms with Crippen molar-refractivity contribution in [2.45, 2.75) is 0 Å². The fraction of sp³-hybridized carbons (Fsp3) is 0. The van der Waals surface area contributed by atoms with Crippen LogP contribution in [0.2, 0.25) is 0 Å². The van der Waals surface area contributed by atoms with Crippen molar-refractivity contribution in [2.24, 2.45) is 0 Å². The molecule has 0 spiro atoms. The minimum atomic E-state index is -0.542. The van der Waals surface area contributed by atoms with Crippen LogP contribution in [0.5, 0.6) is 0 Å². The van der Waals surface area contributed by atoms with Crippen molar-refractivity contribution in [3.63, 3.8) is 0 Å². The minimum Gasteiger partial charge on any atom is -0.321 e. The van der Waals surface area contributed by atoms with Crippen molar-refractivity contribution in [3.05, 3.63) is 81.3 Å². The number of thiazole rings is 1. The summed E-state index contributed by atoms with van der Waals surface area (Å²) < 4.78 is 0. The summed E-state index contributed by atoms with van der Waals surface area (Å²) in [4.78, 5) is 38.9. The van der Waals surface area contributed by atoms with Gasteiger partial charge in [0.25, 0.3) is 17.5 Å². The number of para-hydroxylation sites is 1. The molecule has 0 aliphatic rings. The summed E-state index contributed by atoms with van der Waals surface area (Å²) in [5.74, 6) is -0.881. The fourth-order valence-electron chi connectivity index (χ4n) is 2.17. The molecule has 8 nitrogen and oxygen atoms in total. The van der Waals surface area contributed by atoms with Gasteiger partial charge in [-0.1, -0.05) is 12.1 Å². The molecule has 3 aromatic rings. The first kappa shape index (κ1) is 17.2. The van der Waals surface area contributed by atoms with Crippen molar-refractivity contribution in [1.82, 2.24) is 4.98 Å². The first-order valence-corrected chi connectivity index (χ1v) is 8.28. The van der Waals surface area contributed by atoms with Crippen LogP contribution in [0.1, 0.15) is 20.7 Å². The highest BCUT2D eigenvalue weighted by Crippen LogP contribution is 2.20. The Morgan fingerprint density at radius 3 is 2.38 bits per heavy atom. The molecule has 3 rings (SSSR count). The van der Waals surface area contributed by atoms with E-state index < -0.39 is 16.7 Å².